The van der Waals surface area contributed by atoms with E-state index in [1.54, 1.807) is 0 Å². The Bertz CT molecular complexity index is 696. The molecule has 126 valence electrons. The number of benzene rings is 1. The average Bonchev–Trinajstić information content (AvgIpc) is 3.25. The Hall–Kier alpha value is -2.60. The van der Waals surface area contributed by atoms with Gasteiger partial charge in [-0.3, -0.25) is 0 Å². The van der Waals surface area contributed by atoms with E-state index in [0.29, 0.717) is 6.54 Å². The molecule has 3 N–H and O–H groups in total. The molecule has 0 fully saturated rings. The van der Waals surface area contributed by atoms with E-state index in [2.05, 4.69) is 15.7 Å². The molecule has 1 heterocycles. The summed E-state index contributed by atoms with van der Waals surface area (Å²) in [6.45, 7) is 0.674. The number of carbonyl (C=O) groups excluding carboxylic acids is 1. The lowest BCUT2D eigenvalue weighted by Gasteiger charge is -2.13. The molecule has 2 atom stereocenters. The zero-order chi connectivity index (χ0) is 16.8. The molecule has 2 amide bonds. The summed E-state index contributed by atoms with van der Waals surface area (Å²) in [6.07, 6.45) is 9.15. The van der Waals surface area contributed by atoms with Gasteiger partial charge < -0.3 is 15.7 Å². The summed E-state index contributed by atoms with van der Waals surface area (Å²) in [5, 5.41) is 19.2. The minimum Gasteiger partial charge on any atom is -0.396 e. The van der Waals surface area contributed by atoms with Crippen LogP contribution in [0.15, 0.2) is 54.9 Å². The van der Waals surface area contributed by atoms with Crippen LogP contribution in [0.1, 0.15) is 12.0 Å². The fourth-order valence-electron chi connectivity index (χ4n) is 2.77. The summed E-state index contributed by atoms with van der Waals surface area (Å²) in [7, 11) is 0. The minimum atomic E-state index is -0.182. The van der Waals surface area contributed by atoms with E-state index in [1.165, 1.54) is 0 Å². The summed E-state index contributed by atoms with van der Waals surface area (Å²) in [5.41, 5.74) is 2.08. The van der Waals surface area contributed by atoms with E-state index < -0.39 is 0 Å². The lowest BCUT2D eigenvalue weighted by atomic mass is 10.1. The van der Waals surface area contributed by atoms with Gasteiger partial charge in [-0.25, -0.2) is 9.48 Å². The first-order valence-electron chi connectivity index (χ1n) is 8.17. The van der Waals surface area contributed by atoms with Crippen molar-refractivity contribution in [2.24, 2.45) is 5.92 Å². The molecule has 3 rings (SSSR count). The molecule has 1 aromatic heterocycles. The highest BCUT2D eigenvalue weighted by atomic mass is 16.3. The number of aliphatic hydroxyl groups is 1. The van der Waals surface area contributed by atoms with Gasteiger partial charge in [0.1, 0.15) is 0 Å². The van der Waals surface area contributed by atoms with Gasteiger partial charge in [-0.15, -0.1) is 0 Å². The van der Waals surface area contributed by atoms with Crippen LogP contribution in [-0.4, -0.2) is 40.1 Å². The summed E-state index contributed by atoms with van der Waals surface area (Å²) in [4.78, 5) is 11.9. The number of amides is 2. The van der Waals surface area contributed by atoms with Crippen molar-refractivity contribution in [3.05, 3.63) is 60.4 Å². The number of nitrogens with one attached hydrogen (secondary N) is 2. The van der Waals surface area contributed by atoms with Crippen molar-refractivity contribution >= 4 is 6.03 Å². The number of urea groups is 1. The first-order chi connectivity index (χ1) is 11.7. The Balaban J connectivity index is 1.41. The number of aliphatic hydroxyl groups excluding tert-OH is 1. The standard InChI is InChI=1S/C18H22N4O2/c23-13-14-6-7-16(10-14)21-18(24)19-9-8-15-11-20-22(12-15)17-4-2-1-3-5-17/h1-7,11-12,14,16,23H,8-10,13H2,(H2,19,21,24)/t14-,16+/m0/s1. The predicted molar refractivity (Wildman–Crippen MR) is 91.9 cm³/mol. The molecule has 1 aromatic carbocycles. The monoisotopic (exact) mass is 326 g/mol. The highest BCUT2D eigenvalue weighted by Crippen LogP contribution is 2.16. The highest BCUT2D eigenvalue weighted by Gasteiger charge is 2.19. The molecule has 6 nitrogen and oxygen atoms in total. The second-order valence-corrected chi connectivity index (χ2v) is 5.95. The maximum Gasteiger partial charge on any atom is 0.315 e. The Morgan fingerprint density at radius 1 is 1.29 bits per heavy atom. The number of hydrogen-bond donors (Lipinski definition) is 3. The van der Waals surface area contributed by atoms with Crippen molar-refractivity contribution in [2.45, 2.75) is 18.9 Å². The number of para-hydroxylation sites is 1. The summed E-state index contributed by atoms with van der Waals surface area (Å²) in [5.74, 6) is 0.152. The molecular weight excluding hydrogens is 304 g/mol. The first kappa shape index (κ1) is 16.3. The number of rotatable bonds is 6. The number of nitrogens with zero attached hydrogens (tertiary/aromatic N) is 2. The fourth-order valence-corrected chi connectivity index (χ4v) is 2.77. The van der Waals surface area contributed by atoms with E-state index in [0.717, 1.165) is 24.1 Å². The molecule has 0 spiro atoms. The zero-order valence-corrected chi connectivity index (χ0v) is 13.4. The topological polar surface area (TPSA) is 79.2 Å². The van der Waals surface area contributed by atoms with E-state index in [9.17, 15) is 4.79 Å². The maximum absolute atomic E-state index is 11.9. The number of aromatic nitrogens is 2. The molecule has 0 unspecified atom stereocenters. The summed E-state index contributed by atoms with van der Waals surface area (Å²) in [6, 6.07) is 9.73. The normalized spacial score (nSPS) is 19.4. The second kappa shape index (κ2) is 7.79. The van der Waals surface area contributed by atoms with Gasteiger partial charge in [-0.1, -0.05) is 30.4 Å². The third kappa shape index (κ3) is 4.23. The predicted octanol–water partition coefficient (Wildman–Crippen LogP) is 1.65. The molecule has 1 aliphatic rings. The van der Waals surface area contributed by atoms with Crippen LogP contribution in [-0.2, 0) is 6.42 Å². The molecular formula is C18H22N4O2. The van der Waals surface area contributed by atoms with Crippen molar-refractivity contribution in [1.29, 1.82) is 0 Å². The van der Waals surface area contributed by atoms with E-state index in [1.807, 2.05) is 59.6 Å². The molecule has 0 radical (unpaired) electrons. The van der Waals surface area contributed by atoms with Crippen molar-refractivity contribution in [3.8, 4) is 5.69 Å². The van der Waals surface area contributed by atoms with Gasteiger partial charge in [0.15, 0.2) is 0 Å². The smallest absolute Gasteiger partial charge is 0.315 e. The van der Waals surface area contributed by atoms with Crippen LogP contribution in [0.5, 0.6) is 0 Å². The second-order valence-electron chi connectivity index (χ2n) is 5.95. The lowest BCUT2D eigenvalue weighted by Crippen LogP contribution is -2.41. The Labute approximate surface area is 141 Å². The zero-order valence-electron chi connectivity index (χ0n) is 13.4. The minimum absolute atomic E-state index is 0.00276. The van der Waals surface area contributed by atoms with Gasteiger partial charge in [0.05, 0.1) is 11.9 Å². The fraction of sp³-hybridized carbons (Fsp3) is 0.333. The molecule has 2 aromatic rings. The van der Waals surface area contributed by atoms with Gasteiger partial charge in [0.25, 0.3) is 0 Å². The van der Waals surface area contributed by atoms with Crippen LogP contribution in [0.3, 0.4) is 0 Å². The van der Waals surface area contributed by atoms with Crippen molar-refractivity contribution in [3.63, 3.8) is 0 Å². The Morgan fingerprint density at radius 2 is 2.12 bits per heavy atom. The van der Waals surface area contributed by atoms with Crippen LogP contribution >= 0.6 is 0 Å². The van der Waals surface area contributed by atoms with Gasteiger partial charge in [-0.2, -0.15) is 5.10 Å². The van der Waals surface area contributed by atoms with Gasteiger partial charge >= 0.3 is 6.03 Å². The van der Waals surface area contributed by atoms with Crippen LogP contribution in [0.25, 0.3) is 5.69 Å². The molecule has 0 aliphatic heterocycles. The molecule has 24 heavy (non-hydrogen) atoms. The molecule has 0 bridgehead atoms. The van der Waals surface area contributed by atoms with Crippen LogP contribution in [0, 0.1) is 5.92 Å². The molecule has 6 heteroatoms. The van der Waals surface area contributed by atoms with E-state index in [-0.39, 0.29) is 24.6 Å². The Kier molecular flexibility index (Phi) is 5.28. The maximum atomic E-state index is 11.9. The lowest BCUT2D eigenvalue weighted by molar-refractivity contribution is 0.231. The van der Waals surface area contributed by atoms with Crippen molar-refractivity contribution in [1.82, 2.24) is 20.4 Å². The summed E-state index contributed by atoms with van der Waals surface area (Å²) >= 11 is 0. The van der Waals surface area contributed by atoms with Crippen LogP contribution in [0.2, 0.25) is 0 Å². The van der Waals surface area contributed by atoms with Gasteiger partial charge in [-0.05, 0) is 30.5 Å². The van der Waals surface area contributed by atoms with Crippen LogP contribution in [0.4, 0.5) is 4.79 Å². The van der Waals surface area contributed by atoms with Crippen molar-refractivity contribution in [2.75, 3.05) is 13.2 Å². The van der Waals surface area contributed by atoms with Crippen molar-refractivity contribution < 1.29 is 9.90 Å². The molecule has 0 saturated carbocycles. The average molecular weight is 326 g/mol. The van der Waals surface area contributed by atoms with Gasteiger partial charge in [0, 0.05) is 31.3 Å². The highest BCUT2D eigenvalue weighted by molar-refractivity contribution is 5.74. The quantitative estimate of drug-likeness (QED) is 0.706. The van der Waals surface area contributed by atoms with E-state index in [4.69, 9.17) is 5.11 Å². The molecule has 1 aliphatic carbocycles. The third-order valence-corrected chi connectivity index (χ3v) is 4.08. The van der Waals surface area contributed by atoms with Crippen LogP contribution < -0.4 is 10.6 Å². The number of hydrogen-bond acceptors (Lipinski definition) is 3. The number of carbonyl (C=O) groups is 1. The summed E-state index contributed by atoms with van der Waals surface area (Å²) < 4.78 is 1.83. The SMILES string of the molecule is O=C(NCCc1cnn(-c2ccccc2)c1)N[C@@H]1C=C[C@H](CO)C1. The van der Waals surface area contributed by atoms with E-state index >= 15 is 0 Å². The third-order valence-electron chi connectivity index (χ3n) is 4.08. The van der Waals surface area contributed by atoms with Gasteiger partial charge in [0.2, 0.25) is 0 Å². The Morgan fingerprint density at radius 3 is 2.88 bits per heavy atom. The molecule has 0 saturated heterocycles. The largest absolute Gasteiger partial charge is 0.396 e. The first-order valence-corrected chi connectivity index (χ1v) is 8.17.